The minimum Gasteiger partial charge on any atom is -0.339 e. The summed E-state index contributed by atoms with van der Waals surface area (Å²) in [6, 6.07) is 13.6. The maximum atomic E-state index is 12.5. The van der Waals surface area contributed by atoms with E-state index in [2.05, 4.69) is 18.6 Å². The summed E-state index contributed by atoms with van der Waals surface area (Å²) in [6.45, 7) is 4.12. The molecule has 0 aliphatic carbocycles. The largest absolute Gasteiger partial charge is 0.339 e. The maximum absolute atomic E-state index is 12.5. The fraction of sp³-hybridized carbons (Fsp3) is 0.278. The summed E-state index contributed by atoms with van der Waals surface area (Å²) < 4.78 is 27.5. The van der Waals surface area contributed by atoms with Crippen LogP contribution in [-0.2, 0) is 10.0 Å². The van der Waals surface area contributed by atoms with Gasteiger partial charge in [-0.1, -0.05) is 26.0 Å². The Balaban J connectivity index is 2.11. The molecule has 0 saturated carbocycles. The van der Waals surface area contributed by atoms with Crippen LogP contribution in [0.2, 0.25) is 0 Å². The Hall–Kier alpha value is -1.99. The molecule has 0 fully saturated rings. The molecule has 0 radical (unpaired) electrons. The van der Waals surface area contributed by atoms with Crippen LogP contribution in [0, 0.1) is 0 Å². The molecule has 0 spiro atoms. The van der Waals surface area contributed by atoms with E-state index in [1.165, 1.54) is 4.90 Å². The van der Waals surface area contributed by atoms with Crippen molar-refractivity contribution >= 4 is 32.7 Å². The normalized spacial score (nSPS) is 11.4. The van der Waals surface area contributed by atoms with Crippen LogP contribution in [0.5, 0.6) is 0 Å². The fourth-order valence-electron chi connectivity index (χ4n) is 2.03. The first-order chi connectivity index (χ1) is 11.7. The van der Waals surface area contributed by atoms with Gasteiger partial charge in [-0.2, -0.15) is 0 Å². The first kappa shape index (κ1) is 19.3. The van der Waals surface area contributed by atoms with Gasteiger partial charge in [-0.25, -0.2) is 8.42 Å². The van der Waals surface area contributed by atoms with Crippen molar-refractivity contribution < 1.29 is 13.2 Å². The van der Waals surface area contributed by atoms with Gasteiger partial charge in [-0.3, -0.25) is 9.52 Å². The Morgan fingerprint density at radius 1 is 1.00 bits per heavy atom. The second-order valence-electron chi connectivity index (χ2n) is 6.12. The molecule has 1 N–H and O–H groups in total. The minimum absolute atomic E-state index is 0.0847. The lowest BCUT2D eigenvalue weighted by Crippen LogP contribution is -2.16. The van der Waals surface area contributed by atoms with Crippen molar-refractivity contribution in [2.24, 2.45) is 0 Å². The van der Waals surface area contributed by atoms with Crippen molar-refractivity contribution in [2.75, 3.05) is 18.8 Å². The molecule has 0 heterocycles. The molecule has 0 aliphatic heterocycles. The lowest BCUT2D eigenvalue weighted by Gasteiger charge is -2.11. The summed E-state index contributed by atoms with van der Waals surface area (Å²) in [7, 11) is -0.271. The molecule has 7 heteroatoms. The number of carbonyl (C=O) groups excluding carboxylic acids is 1. The van der Waals surface area contributed by atoms with Crippen molar-refractivity contribution in [3.05, 3.63) is 54.1 Å². The van der Waals surface area contributed by atoms with Gasteiger partial charge in [0.2, 0.25) is 0 Å². The molecule has 2 rings (SSSR count). The molecular weight excluding hydrogens is 356 g/mol. The third-order valence-electron chi connectivity index (χ3n) is 3.53. The topological polar surface area (TPSA) is 66.5 Å². The molecule has 0 unspecified atom stereocenters. The lowest BCUT2D eigenvalue weighted by molar-refractivity contribution is 0.241. The minimum atomic E-state index is -3.64. The Labute approximate surface area is 153 Å². The average molecular weight is 379 g/mol. The Kier molecular flexibility index (Phi) is 6.13. The highest BCUT2D eigenvalue weighted by molar-refractivity contribution is 8.13. The van der Waals surface area contributed by atoms with Crippen LogP contribution >= 0.6 is 11.8 Å². The van der Waals surface area contributed by atoms with Crippen LogP contribution in [0.1, 0.15) is 25.3 Å². The SMILES string of the molecule is CC(C)c1ccc(S(=O)(=O)Nc2ccc(SC(=O)N(C)C)cc2)cc1. The smallest absolute Gasteiger partial charge is 0.285 e. The van der Waals surface area contributed by atoms with Gasteiger partial charge in [0.15, 0.2) is 0 Å². The second kappa shape index (κ2) is 7.93. The maximum Gasteiger partial charge on any atom is 0.285 e. The number of carbonyl (C=O) groups is 1. The van der Waals surface area contributed by atoms with E-state index in [1.54, 1.807) is 50.5 Å². The van der Waals surface area contributed by atoms with Crippen molar-refractivity contribution in [2.45, 2.75) is 29.6 Å². The summed E-state index contributed by atoms with van der Waals surface area (Å²) in [5, 5.41) is -0.0847. The number of nitrogens with zero attached hydrogens (tertiary/aromatic N) is 1. The van der Waals surface area contributed by atoms with Crippen molar-refractivity contribution in [1.29, 1.82) is 0 Å². The predicted octanol–water partition coefficient (Wildman–Crippen LogP) is 4.38. The third kappa shape index (κ3) is 5.24. The van der Waals surface area contributed by atoms with Crippen LogP contribution in [0.15, 0.2) is 58.3 Å². The number of rotatable bonds is 5. The van der Waals surface area contributed by atoms with Crippen molar-refractivity contribution in [1.82, 2.24) is 4.90 Å². The molecule has 25 heavy (non-hydrogen) atoms. The molecule has 0 aromatic heterocycles. The molecule has 0 atom stereocenters. The molecule has 2 aromatic carbocycles. The van der Waals surface area contributed by atoms with Crippen molar-refractivity contribution in [3.8, 4) is 0 Å². The number of hydrogen-bond donors (Lipinski definition) is 1. The van der Waals surface area contributed by atoms with E-state index in [0.717, 1.165) is 22.2 Å². The van der Waals surface area contributed by atoms with Crippen LogP contribution in [0.25, 0.3) is 0 Å². The monoisotopic (exact) mass is 378 g/mol. The molecule has 0 saturated heterocycles. The fourth-order valence-corrected chi connectivity index (χ4v) is 3.74. The molecule has 134 valence electrons. The molecular formula is C18H22N2O3S2. The highest BCUT2D eigenvalue weighted by Crippen LogP contribution is 2.24. The van der Waals surface area contributed by atoms with E-state index < -0.39 is 10.0 Å². The van der Waals surface area contributed by atoms with Gasteiger partial charge in [-0.05, 0) is 59.6 Å². The first-order valence-corrected chi connectivity index (χ1v) is 10.1. The molecule has 2 aromatic rings. The number of nitrogens with one attached hydrogen (secondary N) is 1. The van der Waals surface area contributed by atoms with E-state index in [0.29, 0.717) is 11.6 Å². The standard InChI is InChI=1S/C18H22N2O3S2/c1-13(2)14-5-11-17(12-6-14)25(22,23)19-15-7-9-16(10-8-15)24-18(21)20(3)4/h5-13,19H,1-4H3. The number of benzene rings is 2. The number of anilines is 1. The number of amides is 1. The van der Waals surface area contributed by atoms with Crippen molar-refractivity contribution in [3.63, 3.8) is 0 Å². The third-order valence-corrected chi connectivity index (χ3v) is 5.98. The van der Waals surface area contributed by atoms with Crippen LogP contribution in [0.4, 0.5) is 10.5 Å². The van der Waals surface area contributed by atoms with Crippen LogP contribution < -0.4 is 4.72 Å². The number of hydrogen-bond acceptors (Lipinski definition) is 4. The molecule has 5 nitrogen and oxygen atoms in total. The van der Waals surface area contributed by atoms with Gasteiger partial charge in [0.05, 0.1) is 4.90 Å². The van der Waals surface area contributed by atoms with E-state index in [9.17, 15) is 13.2 Å². The van der Waals surface area contributed by atoms with E-state index in [1.807, 2.05) is 12.1 Å². The first-order valence-electron chi connectivity index (χ1n) is 7.81. The van der Waals surface area contributed by atoms with Gasteiger partial charge < -0.3 is 4.90 Å². The highest BCUT2D eigenvalue weighted by atomic mass is 32.2. The van der Waals surface area contributed by atoms with Crippen LogP contribution in [-0.4, -0.2) is 32.7 Å². The van der Waals surface area contributed by atoms with E-state index in [4.69, 9.17) is 0 Å². The van der Waals surface area contributed by atoms with Gasteiger partial charge in [-0.15, -0.1) is 0 Å². The van der Waals surface area contributed by atoms with Crippen LogP contribution in [0.3, 0.4) is 0 Å². The zero-order valence-electron chi connectivity index (χ0n) is 14.7. The quantitative estimate of drug-likeness (QED) is 0.784. The number of sulfonamides is 1. The Bertz CT molecular complexity index is 828. The second-order valence-corrected chi connectivity index (χ2v) is 8.82. The van der Waals surface area contributed by atoms with E-state index >= 15 is 0 Å². The zero-order chi connectivity index (χ0) is 18.6. The summed E-state index contributed by atoms with van der Waals surface area (Å²) in [4.78, 5) is 14.1. The summed E-state index contributed by atoms with van der Waals surface area (Å²) in [5.41, 5.74) is 1.54. The van der Waals surface area contributed by atoms with E-state index in [-0.39, 0.29) is 10.1 Å². The Morgan fingerprint density at radius 3 is 2.04 bits per heavy atom. The number of thioether (sulfide) groups is 1. The van der Waals surface area contributed by atoms with Gasteiger partial charge in [0.25, 0.3) is 15.3 Å². The summed E-state index contributed by atoms with van der Waals surface area (Å²) in [5.74, 6) is 0.347. The van der Waals surface area contributed by atoms with Gasteiger partial charge >= 0.3 is 0 Å². The Morgan fingerprint density at radius 2 is 1.56 bits per heavy atom. The summed E-state index contributed by atoms with van der Waals surface area (Å²) >= 11 is 1.09. The summed E-state index contributed by atoms with van der Waals surface area (Å²) in [6.07, 6.45) is 0. The average Bonchev–Trinajstić information content (AvgIpc) is 2.56. The molecule has 0 bridgehead atoms. The van der Waals surface area contributed by atoms with Gasteiger partial charge in [0.1, 0.15) is 0 Å². The predicted molar refractivity (Wildman–Crippen MR) is 103 cm³/mol. The molecule has 0 aliphatic rings. The zero-order valence-corrected chi connectivity index (χ0v) is 16.3. The highest BCUT2D eigenvalue weighted by Gasteiger charge is 2.15. The van der Waals surface area contributed by atoms with Gasteiger partial charge in [0, 0.05) is 24.7 Å². The lowest BCUT2D eigenvalue weighted by atomic mass is 10.0. The molecule has 1 amide bonds.